The molecule has 2 aromatic carbocycles. The minimum absolute atomic E-state index is 0.0148. The van der Waals surface area contributed by atoms with Crippen LogP contribution in [0.3, 0.4) is 0 Å². The number of aliphatic hydroxyl groups is 1. The molecule has 168 valence electrons. The summed E-state index contributed by atoms with van der Waals surface area (Å²) in [6.07, 6.45) is 0.191. The van der Waals surface area contributed by atoms with Gasteiger partial charge in [-0.1, -0.05) is 41.4 Å². The molecule has 1 heterocycles. The molecule has 0 bridgehead atoms. The second-order valence-corrected chi connectivity index (χ2v) is 8.62. The van der Waals surface area contributed by atoms with E-state index >= 15 is 0 Å². The molecule has 0 spiro atoms. The van der Waals surface area contributed by atoms with Gasteiger partial charge in [-0.05, 0) is 41.8 Å². The van der Waals surface area contributed by atoms with Crippen LogP contribution >= 0.6 is 23.2 Å². The monoisotopic (exact) mass is 465 g/mol. The fourth-order valence-electron chi connectivity index (χ4n) is 3.64. The number of hydrogen-bond acceptors (Lipinski definition) is 5. The van der Waals surface area contributed by atoms with Gasteiger partial charge in [0.15, 0.2) is 0 Å². The quantitative estimate of drug-likeness (QED) is 0.595. The first-order chi connectivity index (χ1) is 14.9. The lowest BCUT2D eigenvalue weighted by Gasteiger charge is -2.35. The van der Waals surface area contributed by atoms with Gasteiger partial charge in [-0.3, -0.25) is 14.6 Å². The Morgan fingerprint density at radius 1 is 1.03 bits per heavy atom. The lowest BCUT2D eigenvalue weighted by atomic mass is 10.1. The normalized spacial score (nSPS) is 16.1. The first kappa shape index (κ1) is 23.8. The zero-order valence-electron chi connectivity index (χ0n) is 17.7. The summed E-state index contributed by atoms with van der Waals surface area (Å²) in [5.41, 5.74) is 2.00. The van der Waals surface area contributed by atoms with Gasteiger partial charge < -0.3 is 15.2 Å². The molecule has 1 fully saturated rings. The summed E-state index contributed by atoms with van der Waals surface area (Å²) < 4.78 is 5.17. The van der Waals surface area contributed by atoms with E-state index in [2.05, 4.69) is 15.1 Å². The number of aliphatic hydroxyl groups excluding tert-OH is 1. The molecule has 31 heavy (non-hydrogen) atoms. The van der Waals surface area contributed by atoms with Gasteiger partial charge in [0.2, 0.25) is 5.91 Å². The molecule has 1 aliphatic rings. The standard InChI is InChI=1S/C23H29Cl2N3O3/c1-31-20-5-2-17(3-6-20)12-19(29)15-27-8-10-28(11-9-27)16-23(30)26-14-18-4-7-21(24)22(25)13-18/h2-7,13,19,29H,8-12,14-16H2,1H3,(H,26,30). The van der Waals surface area contributed by atoms with Crippen molar-refractivity contribution in [2.24, 2.45) is 0 Å². The Hall–Kier alpha value is -1.83. The molecule has 1 aliphatic heterocycles. The third kappa shape index (κ3) is 7.66. The van der Waals surface area contributed by atoms with Crippen molar-refractivity contribution in [1.82, 2.24) is 15.1 Å². The van der Waals surface area contributed by atoms with Gasteiger partial charge in [0.1, 0.15) is 5.75 Å². The average molecular weight is 466 g/mol. The van der Waals surface area contributed by atoms with Crippen molar-refractivity contribution >= 4 is 29.1 Å². The Balaban J connectivity index is 1.34. The second kappa shape index (κ2) is 11.7. The van der Waals surface area contributed by atoms with E-state index in [1.54, 1.807) is 19.2 Å². The number of methoxy groups -OCH3 is 1. The molecular weight excluding hydrogens is 437 g/mol. The van der Waals surface area contributed by atoms with Gasteiger partial charge in [0, 0.05) is 39.3 Å². The zero-order valence-corrected chi connectivity index (χ0v) is 19.2. The number of nitrogens with one attached hydrogen (secondary N) is 1. The number of carbonyl (C=O) groups is 1. The van der Waals surface area contributed by atoms with Crippen molar-refractivity contribution in [3.8, 4) is 5.75 Å². The smallest absolute Gasteiger partial charge is 0.234 e. The molecule has 1 unspecified atom stereocenters. The maximum absolute atomic E-state index is 12.3. The summed E-state index contributed by atoms with van der Waals surface area (Å²) in [7, 11) is 1.64. The van der Waals surface area contributed by atoms with E-state index in [4.69, 9.17) is 27.9 Å². The van der Waals surface area contributed by atoms with Crippen LogP contribution in [0.4, 0.5) is 0 Å². The average Bonchev–Trinajstić information content (AvgIpc) is 2.76. The number of rotatable bonds is 9. The number of halogens is 2. The number of amides is 1. The van der Waals surface area contributed by atoms with Crippen molar-refractivity contribution in [3.63, 3.8) is 0 Å². The molecule has 0 aliphatic carbocycles. The Morgan fingerprint density at radius 2 is 1.68 bits per heavy atom. The summed E-state index contributed by atoms with van der Waals surface area (Å²) in [4.78, 5) is 16.7. The summed E-state index contributed by atoms with van der Waals surface area (Å²) in [6.45, 7) is 4.69. The fraction of sp³-hybridized carbons (Fsp3) is 0.435. The van der Waals surface area contributed by atoms with E-state index in [0.29, 0.717) is 36.1 Å². The van der Waals surface area contributed by atoms with Crippen LogP contribution in [0.1, 0.15) is 11.1 Å². The van der Waals surface area contributed by atoms with Crippen LogP contribution in [0.5, 0.6) is 5.75 Å². The van der Waals surface area contributed by atoms with Crippen molar-refractivity contribution in [3.05, 3.63) is 63.6 Å². The third-order valence-corrected chi connectivity index (χ3v) is 6.14. The number of benzene rings is 2. The van der Waals surface area contributed by atoms with Crippen molar-refractivity contribution < 1.29 is 14.6 Å². The number of ether oxygens (including phenoxy) is 1. The molecule has 8 heteroatoms. The number of β-amino-alcohol motifs (C(OH)–C–C–N with tert-alkyl or cyclic N) is 1. The molecule has 3 rings (SSSR count). The molecule has 6 nitrogen and oxygen atoms in total. The highest BCUT2D eigenvalue weighted by Crippen LogP contribution is 2.22. The van der Waals surface area contributed by atoms with Crippen molar-refractivity contribution in [2.45, 2.75) is 19.1 Å². The first-order valence-electron chi connectivity index (χ1n) is 10.4. The van der Waals surface area contributed by atoms with Gasteiger partial charge in [-0.15, -0.1) is 0 Å². The number of carbonyl (C=O) groups excluding carboxylic acids is 1. The highest BCUT2D eigenvalue weighted by molar-refractivity contribution is 6.42. The molecule has 2 N–H and O–H groups in total. The first-order valence-corrected chi connectivity index (χ1v) is 11.1. The lowest BCUT2D eigenvalue weighted by molar-refractivity contribution is -0.122. The minimum atomic E-state index is -0.422. The van der Waals surface area contributed by atoms with E-state index < -0.39 is 6.10 Å². The summed E-state index contributed by atoms with van der Waals surface area (Å²) >= 11 is 11.9. The summed E-state index contributed by atoms with van der Waals surface area (Å²) in [5, 5.41) is 14.4. The number of hydrogen-bond donors (Lipinski definition) is 2. The summed E-state index contributed by atoms with van der Waals surface area (Å²) in [6, 6.07) is 13.1. The highest BCUT2D eigenvalue weighted by Gasteiger charge is 2.21. The Morgan fingerprint density at radius 3 is 2.32 bits per heavy atom. The topological polar surface area (TPSA) is 65.0 Å². The van der Waals surface area contributed by atoms with Crippen LogP contribution in [-0.2, 0) is 17.8 Å². The van der Waals surface area contributed by atoms with E-state index in [-0.39, 0.29) is 5.91 Å². The molecule has 0 radical (unpaired) electrons. The molecule has 2 aromatic rings. The van der Waals surface area contributed by atoms with Gasteiger partial charge >= 0.3 is 0 Å². The molecule has 1 amide bonds. The lowest BCUT2D eigenvalue weighted by Crippen LogP contribution is -2.51. The molecule has 1 atom stereocenters. The Labute approximate surface area is 193 Å². The van der Waals surface area contributed by atoms with Crippen molar-refractivity contribution in [1.29, 1.82) is 0 Å². The van der Waals surface area contributed by atoms with E-state index in [1.807, 2.05) is 30.3 Å². The zero-order chi connectivity index (χ0) is 22.2. The van der Waals surface area contributed by atoms with Crippen LogP contribution < -0.4 is 10.1 Å². The fourth-order valence-corrected chi connectivity index (χ4v) is 3.96. The van der Waals surface area contributed by atoms with Crippen LogP contribution in [-0.4, -0.2) is 73.3 Å². The Bertz CT molecular complexity index is 856. The largest absolute Gasteiger partial charge is 0.497 e. The van der Waals surface area contributed by atoms with E-state index in [0.717, 1.165) is 43.1 Å². The van der Waals surface area contributed by atoms with Crippen molar-refractivity contribution in [2.75, 3.05) is 46.4 Å². The van der Waals surface area contributed by atoms with Crippen LogP contribution in [0, 0.1) is 0 Å². The highest BCUT2D eigenvalue weighted by atomic mass is 35.5. The maximum atomic E-state index is 12.3. The minimum Gasteiger partial charge on any atom is -0.497 e. The van der Waals surface area contributed by atoms with Crippen LogP contribution in [0.2, 0.25) is 10.0 Å². The van der Waals surface area contributed by atoms with Crippen LogP contribution in [0.25, 0.3) is 0 Å². The second-order valence-electron chi connectivity index (χ2n) is 7.81. The molecular formula is C23H29Cl2N3O3. The van der Waals surface area contributed by atoms with E-state index in [1.165, 1.54) is 0 Å². The molecule has 0 aromatic heterocycles. The molecule has 0 saturated carbocycles. The van der Waals surface area contributed by atoms with Gasteiger partial charge in [0.25, 0.3) is 0 Å². The van der Waals surface area contributed by atoms with E-state index in [9.17, 15) is 9.90 Å². The number of nitrogens with zero attached hydrogens (tertiary/aromatic N) is 2. The molecule has 1 saturated heterocycles. The van der Waals surface area contributed by atoms with Gasteiger partial charge in [-0.2, -0.15) is 0 Å². The van der Waals surface area contributed by atoms with Crippen LogP contribution in [0.15, 0.2) is 42.5 Å². The summed E-state index contributed by atoms with van der Waals surface area (Å²) in [5.74, 6) is 0.800. The Kier molecular flexibility index (Phi) is 8.99. The third-order valence-electron chi connectivity index (χ3n) is 5.41. The maximum Gasteiger partial charge on any atom is 0.234 e. The van der Waals surface area contributed by atoms with Gasteiger partial charge in [-0.25, -0.2) is 0 Å². The van der Waals surface area contributed by atoms with Gasteiger partial charge in [0.05, 0.1) is 29.8 Å². The predicted molar refractivity (Wildman–Crippen MR) is 124 cm³/mol. The SMILES string of the molecule is COc1ccc(CC(O)CN2CCN(CC(=O)NCc3ccc(Cl)c(Cl)c3)CC2)cc1. The number of piperazine rings is 1. The predicted octanol–water partition coefficient (Wildman–Crippen LogP) is 2.84.